The first-order chi connectivity index (χ1) is 10.6. The molecule has 0 atom stereocenters. The van der Waals surface area contributed by atoms with Crippen molar-refractivity contribution in [3.8, 4) is 0 Å². The van der Waals surface area contributed by atoms with Crippen LogP contribution >= 0.6 is 15.9 Å². The Balaban J connectivity index is 1.95. The highest BCUT2D eigenvalue weighted by atomic mass is 79.9. The summed E-state index contributed by atoms with van der Waals surface area (Å²) in [6.07, 6.45) is 3.26. The van der Waals surface area contributed by atoms with E-state index in [-0.39, 0.29) is 5.56 Å². The van der Waals surface area contributed by atoms with E-state index in [9.17, 15) is 9.59 Å². The van der Waals surface area contributed by atoms with Crippen molar-refractivity contribution in [3.63, 3.8) is 0 Å². The Morgan fingerprint density at radius 2 is 1.86 bits per heavy atom. The number of hydrogen-bond acceptors (Lipinski definition) is 2. The smallest absolute Gasteiger partial charge is 0.335 e. The van der Waals surface area contributed by atoms with E-state index in [1.807, 2.05) is 24.3 Å². The van der Waals surface area contributed by atoms with Crippen molar-refractivity contribution in [1.29, 1.82) is 0 Å². The lowest BCUT2D eigenvalue weighted by atomic mass is 10.2. The standard InChI is InChI=1S/C16H13BrN2O3/c17-14-7-2-1-4-11(14)8-9-18-16(22)19-13-6-3-5-12(10-13)15(20)21/h1-10H,(H,20,21)(H2,18,19,22)/b9-8+. The fraction of sp³-hybridized carbons (Fsp3) is 0. The third-order valence-corrected chi connectivity index (χ3v) is 3.47. The molecule has 2 aromatic carbocycles. The van der Waals surface area contributed by atoms with Gasteiger partial charge >= 0.3 is 12.0 Å². The van der Waals surface area contributed by atoms with E-state index in [2.05, 4.69) is 26.6 Å². The Hall–Kier alpha value is -2.60. The predicted octanol–water partition coefficient (Wildman–Crippen LogP) is 3.94. The Bertz CT molecular complexity index is 729. The van der Waals surface area contributed by atoms with Crippen molar-refractivity contribution in [1.82, 2.24) is 5.32 Å². The van der Waals surface area contributed by atoms with Crippen LogP contribution in [0.5, 0.6) is 0 Å². The molecule has 0 radical (unpaired) electrons. The van der Waals surface area contributed by atoms with E-state index in [4.69, 9.17) is 5.11 Å². The molecule has 0 bridgehead atoms. The molecule has 0 aliphatic rings. The van der Waals surface area contributed by atoms with E-state index in [0.717, 1.165) is 10.0 Å². The molecule has 112 valence electrons. The molecule has 3 N–H and O–H groups in total. The second-order valence-corrected chi connectivity index (χ2v) is 5.19. The molecule has 0 saturated heterocycles. The topological polar surface area (TPSA) is 78.4 Å². The van der Waals surface area contributed by atoms with E-state index in [1.54, 1.807) is 18.2 Å². The summed E-state index contributed by atoms with van der Waals surface area (Å²) in [6.45, 7) is 0. The molecular formula is C16H13BrN2O3. The van der Waals surface area contributed by atoms with Crippen LogP contribution < -0.4 is 10.6 Å². The first-order valence-corrected chi connectivity index (χ1v) is 7.17. The van der Waals surface area contributed by atoms with Crippen LogP contribution in [0.15, 0.2) is 59.2 Å². The second kappa shape index (κ2) is 7.42. The highest BCUT2D eigenvalue weighted by Crippen LogP contribution is 2.16. The first kappa shape index (κ1) is 15.8. The minimum atomic E-state index is -1.04. The molecule has 2 rings (SSSR count). The number of carboxylic acids is 1. The van der Waals surface area contributed by atoms with Crippen LogP contribution in [0.2, 0.25) is 0 Å². The number of anilines is 1. The lowest BCUT2D eigenvalue weighted by Crippen LogP contribution is -2.23. The monoisotopic (exact) mass is 360 g/mol. The number of carboxylic acid groups (broad SMARTS) is 1. The number of carbonyl (C=O) groups excluding carboxylic acids is 1. The molecule has 0 heterocycles. The van der Waals surface area contributed by atoms with Crippen LogP contribution in [0, 0.1) is 0 Å². The Morgan fingerprint density at radius 3 is 2.59 bits per heavy atom. The normalized spacial score (nSPS) is 10.4. The highest BCUT2D eigenvalue weighted by Gasteiger charge is 2.05. The van der Waals surface area contributed by atoms with Crippen molar-refractivity contribution in [2.24, 2.45) is 0 Å². The zero-order valence-electron chi connectivity index (χ0n) is 11.4. The summed E-state index contributed by atoms with van der Waals surface area (Å²) < 4.78 is 0.919. The van der Waals surface area contributed by atoms with Gasteiger partial charge in [0.1, 0.15) is 0 Å². The van der Waals surface area contributed by atoms with Crippen LogP contribution in [0.1, 0.15) is 15.9 Å². The molecule has 2 aromatic rings. The van der Waals surface area contributed by atoms with Crippen molar-refractivity contribution in [2.45, 2.75) is 0 Å². The van der Waals surface area contributed by atoms with E-state index in [1.165, 1.54) is 18.3 Å². The Kier molecular flexibility index (Phi) is 5.32. The van der Waals surface area contributed by atoms with Gasteiger partial charge in [0, 0.05) is 16.4 Å². The summed E-state index contributed by atoms with van der Waals surface area (Å²) in [5.41, 5.74) is 1.45. The minimum Gasteiger partial charge on any atom is -0.478 e. The number of hydrogen-bond donors (Lipinski definition) is 3. The van der Waals surface area contributed by atoms with Crippen molar-refractivity contribution < 1.29 is 14.7 Å². The van der Waals surface area contributed by atoms with Crippen LogP contribution in [0.25, 0.3) is 6.08 Å². The zero-order valence-corrected chi connectivity index (χ0v) is 13.0. The Labute approximate surface area is 135 Å². The maximum atomic E-state index is 11.7. The number of amides is 2. The number of nitrogens with one attached hydrogen (secondary N) is 2. The van der Waals surface area contributed by atoms with Crippen molar-refractivity contribution in [2.75, 3.05) is 5.32 Å². The van der Waals surface area contributed by atoms with Gasteiger partial charge in [-0.2, -0.15) is 0 Å². The summed E-state index contributed by atoms with van der Waals surface area (Å²) in [5, 5.41) is 14.0. The molecule has 22 heavy (non-hydrogen) atoms. The molecule has 0 aliphatic heterocycles. The fourth-order valence-corrected chi connectivity index (χ4v) is 2.13. The average Bonchev–Trinajstić information content (AvgIpc) is 2.49. The van der Waals surface area contributed by atoms with Crippen LogP contribution in [-0.4, -0.2) is 17.1 Å². The van der Waals surface area contributed by atoms with Crippen LogP contribution in [0.4, 0.5) is 10.5 Å². The summed E-state index contributed by atoms with van der Waals surface area (Å²) in [7, 11) is 0. The number of aromatic carboxylic acids is 1. The van der Waals surface area contributed by atoms with Gasteiger partial charge in [0.2, 0.25) is 0 Å². The number of carbonyl (C=O) groups is 2. The largest absolute Gasteiger partial charge is 0.478 e. The van der Waals surface area contributed by atoms with Gasteiger partial charge in [-0.15, -0.1) is 0 Å². The van der Waals surface area contributed by atoms with Gasteiger partial charge in [-0.3, -0.25) is 0 Å². The molecular weight excluding hydrogens is 348 g/mol. The van der Waals surface area contributed by atoms with Gasteiger partial charge in [-0.1, -0.05) is 40.2 Å². The Morgan fingerprint density at radius 1 is 1.09 bits per heavy atom. The molecule has 0 spiro atoms. The van der Waals surface area contributed by atoms with Gasteiger partial charge in [-0.25, -0.2) is 9.59 Å². The molecule has 0 aromatic heterocycles. The van der Waals surface area contributed by atoms with Gasteiger partial charge in [0.25, 0.3) is 0 Å². The van der Waals surface area contributed by atoms with Gasteiger partial charge < -0.3 is 15.7 Å². The molecule has 0 saturated carbocycles. The maximum absolute atomic E-state index is 11.7. The molecule has 5 nitrogen and oxygen atoms in total. The van der Waals surface area contributed by atoms with Crippen LogP contribution in [-0.2, 0) is 0 Å². The zero-order chi connectivity index (χ0) is 15.9. The SMILES string of the molecule is O=C(N/C=C/c1ccccc1Br)Nc1cccc(C(=O)O)c1. The summed E-state index contributed by atoms with van der Waals surface area (Å²) >= 11 is 3.40. The van der Waals surface area contributed by atoms with E-state index >= 15 is 0 Å². The fourth-order valence-electron chi connectivity index (χ4n) is 1.71. The summed E-state index contributed by atoms with van der Waals surface area (Å²) in [4.78, 5) is 22.6. The summed E-state index contributed by atoms with van der Waals surface area (Å²) in [6, 6.07) is 13.2. The highest BCUT2D eigenvalue weighted by molar-refractivity contribution is 9.10. The molecule has 0 unspecified atom stereocenters. The van der Waals surface area contributed by atoms with Gasteiger partial charge in [0.15, 0.2) is 0 Å². The quantitative estimate of drug-likeness (QED) is 0.772. The van der Waals surface area contributed by atoms with Gasteiger partial charge in [-0.05, 0) is 35.9 Å². The van der Waals surface area contributed by atoms with E-state index < -0.39 is 12.0 Å². The number of halogens is 1. The van der Waals surface area contributed by atoms with Crippen LogP contribution in [0.3, 0.4) is 0 Å². The maximum Gasteiger partial charge on any atom is 0.335 e. The third kappa shape index (κ3) is 4.46. The van der Waals surface area contributed by atoms with Crippen molar-refractivity contribution in [3.05, 3.63) is 70.3 Å². The second-order valence-electron chi connectivity index (χ2n) is 4.34. The lowest BCUT2D eigenvalue weighted by molar-refractivity contribution is 0.0697. The summed E-state index contributed by atoms with van der Waals surface area (Å²) in [5.74, 6) is -1.04. The van der Waals surface area contributed by atoms with Crippen molar-refractivity contribution >= 4 is 39.7 Å². The third-order valence-electron chi connectivity index (χ3n) is 2.75. The first-order valence-electron chi connectivity index (χ1n) is 6.38. The van der Waals surface area contributed by atoms with Gasteiger partial charge in [0.05, 0.1) is 5.56 Å². The number of urea groups is 1. The molecule has 6 heteroatoms. The number of rotatable bonds is 4. The van der Waals surface area contributed by atoms with E-state index in [0.29, 0.717) is 5.69 Å². The lowest BCUT2D eigenvalue weighted by Gasteiger charge is -2.05. The molecule has 0 aliphatic carbocycles. The minimum absolute atomic E-state index is 0.113. The molecule has 0 fully saturated rings. The predicted molar refractivity (Wildman–Crippen MR) is 88.7 cm³/mol. The number of benzene rings is 2. The molecule has 2 amide bonds. The average molecular weight is 361 g/mol.